The van der Waals surface area contributed by atoms with Gasteiger partial charge >= 0.3 is 0 Å². The highest BCUT2D eigenvalue weighted by atomic mass is 35.5. The number of hydrogen-bond donors (Lipinski definition) is 1. The van der Waals surface area contributed by atoms with Crippen LogP contribution in [-0.4, -0.2) is 12.9 Å². The Morgan fingerprint density at radius 2 is 2.00 bits per heavy atom. The summed E-state index contributed by atoms with van der Waals surface area (Å²) in [6.45, 7) is 0. The zero-order chi connectivity index (χ0) is 6.12. The van der Waals surface area contributed by atoms with Gasteiger partial charge in [-0.3, -0.25) is 0 Å². The van der Waals surface area contributed by atoms with Crippen LogP contribution < -0.4 is 5.73 Å². The summed E-state index contributed by atoms with van der Waals surface area (Å²) in [6.07, 6.45) is 1.66. The van der Waals surface area contributed by atoms with Crippen LogP contribution in [0.15, 0.2) is 11.6 Å². The summed E-state index contributed by atoms with van der Waals surface area (Å²) in [6, 6.07) is 0. The first-order chi connectivity index (χ1) is 3.41. The third-order valence-corrected chi connectivity index (χ3v) is 0.535. The van der Waals surface area contributed by atoms with Gasteiger partial charge in [0.1, 0.15) is 0 Å². The maximum absolute atomic E-state index is 5.13. The molecule has 1 nitrogen and oxygen atoms in total. The molecule has 0 saturated heterocycles. The van der Waals surface area contributed by atoms with E-state index >= 15 is 0 Å². The number of rotatable bonds is 1. The molecule has 0 unspecified atom stereocenters. The van der Waals surface area contributed by atoms with Crippen molar-refractivity contribution in [3.63, 3.8) is 0 Å². The highest BCUT2D eigenvalue weighted by Crippen LogP contribution is 1.79. The van der Waals surface area contributed by atoms with Gasteiger partial charge in [-0.05, 0) is 7.05 Å². The molecule has 0 aromatic rings. The minimum atomic E-state index is 0.503. The van der Waals surface area contributed by atoms with Gasteiger partial charge in [-0.2, -0.15) is 0 Å². The molecule has 0 aromatic heterocycles. The lowest BCUT2D eigenvalue weighted by molar-refractivity contribution is 1.48. The van der Waals surface area contributed by atoms with E-state index in [-0.39, 0.29) is 0 Å². The van der Waals surface area contributed by atoms with Crippen molar-refractivity contribution in [3.8, 4) is 0 Å². The van der Waals surface area contributed by atoms with Crippen LogP contribution in [0.4, 0.5) is 0 Å². The van der Waals surface area contributed by atoms with E-state index in [9.17, 15) is 0 Å². The van der Waals surface area contributed by atoms with Crippen LogP contribution in [-0.2, 0) is 0 Å². The fraction of sp³-hybridized carbons (Fsp3) is 0.500. The van der Waals surface area contributed by atoms with Gasteiger partial charge in [0.05, 0.1) is 0 Å². The lowest BCUT2D eigenvalue weighted by atomic mass is 10.8. The van der Waals surface area contributed by atoms with Gasteiger partial charge in [0.15, 0.2) is 0 Å². The van der Waals surface area contributed by atoms with Crippen molar-refractivity contribution in [1.29, 1.82) is 0 Å². The standard InChI is InChI=1S/C3H4Cl2.CH5N/c4-2-1-3-5;1-2/h1-2H,3H2;2H2,1H3. The fourth-order valence-corrected chi connectivity index (χ4v) is 0.303. The zero-order valence-electron chi connectivity index (χ0n) is 4.20. The van der Waals surface area contributed by atoms with E-state index in [1.165, 1.54) is 12.6 Å². The number of halogens is 2. The summed E-state index contributed by atoms with van der Waals surface area (Å²) in [5.41, 5.74) is 5.90. The Balaban J connectivity index is 0. The summed E-state index contributed by atoms with van der Waals surface area (Å²) in [5.74, 6) is 0.503. The molecule has 0 rings (SSSR count). The molecule has 7 heavy (non-hydrogen) atoms. The van der Waals surface area contributed by atoms with Crippen LogP contribution in [0.5, 0.6) is 0 Å². The van der Waals surface area contributed by atoms with Gasteiger partial charge in [-0.15, -0.1) is 11.6 Å². The van der Waals surface area contributed by atoms with Gasteiger partial charge in [-0.25, -0.2) is 0 Å². The second-order valence-corrected chi connectivity index (χ2v) is 1.08. The van der Waals surface area contributed by atoms with E-state index in [0.717, 1.165) is 0 Å². The lowest BCUT2D eigenvalue weighted by Gasteiger charge is -1.61. The second-order valence-electron chi connectivity index (χ2n) is 0.516. The van der Waals surface area contributed by atoms with Crippen molar-refractivity contribution >= 4 is 23.2 Å². The lowest BCUT2D eigenvalue weighted by Crippen LogP contribution is -1.69. The number of hydrogen-bond acceptors (Lipinski definition) is 1. The maximum atomic E-state index is 5.13. The van der Waals surface area contributed by atoms with Gasteiger partial charge in [0, 0.05) is 11.4 Å². The fourth-order valence-electron chi connectivity index (χ4n) is 0.0337. The molecule has 0 radical (unpaired) electrons. The second kappa shape index (κ2) is 16.3. The van der Waals surface area contributed by atoms with Crippen LogP contribution in [0, 0.1) is 0 Å². The van der Waals surface area contributed by atoms with Crippen LogP contribution in [0.1, 0.15) is 0 Å². The van der Waals surface area contributed by atoms with Crippen LogP contribution >= 0.6 is 23.2 Å². The van der Waals surface area contributed by atoms with Crippen LogP contribution in [0.2, 0.25) is 0 Å². The minimum absolute atomic E-state index is 0.503. The van der Waals surface area contributed by atoms with Gasteiger partial charge in [0.2, 0.25) is 0 Å². The van der Waals surface area contributed by atoms with Crippen molar-refractivity contribution < 1.29 is 0 Å². The molecule has 0 bridgehead atoms. The molecule has 0 aliphatic heterocycles. The van der Waals surface area contributed by atoms with E-state index in [1.54, 1.807) is 6.08 Å². The van der Waals surface area contributed by atoms with E-state index in [1.807, 2.05) is 0 Å². The Kier molecular flexibility index (Phi) is 23.9. The first-order valence-electron chi connectivity index (χ1n) is 1.80. The molecular formula is C4H9Cl2N. The highest BCUT2D eigenvalue weighted by Gasteiger charge is 1.56. The predicted octanol–water partition coefficient (Wildman–Crippen LogP) is 1.55. The van der Waals surface area contributed by atoms with Gasteiger partial charge < -0.3 is 5.73 Å². The molecule has 0 aliphatic carbocycles. The van der Waals surface area contributed by atoms with E-state index in [2.05, 4.69) is 5.73 Å². The Morgan fingerprint density at radius 3 is 2.00 bits per heavy atom. The Hall–Kier alpha value is 0.280. The first kappa shape index (κ1) is 10.3. The van der Waals surface area contributed by atoms with E-state index in [0.29, 0.717) is 5.88 Å². The third-order valence-electron chi connectivity index (χ3n) is 0.178. The van der Waals surface area contributed by atoms with Crippen molar-refractivity contribution in [2.75, 3.05) is 12.9 Å². The average molecular weight is 142 g/mol. The highest BCUT2D eigenvalue weighted by molar-refractivity contribution is 6.26. The molecule has 44 valence electrons. The largest absolute Gasteiger partial charge is 0.333 e. The molecule has 0 heterocycles. The molecule has 0 aromatic carbocycles. The Morgan fingerprint density at radius 1 is 1.57 bits per heavy atom. The summed E-state index contributed by atoms with van der Waals surface area (Å²) < 4.78 is 0. The minimum Gasteiger partial charge on any atom is -0.333 e. The summed E-state index contributed by atoms with van der Waals surface area (Å²) in [5, 5.41) is 0. The molecule has 2 N–H and O–H groups in total. The van der Waals surface area contributed by atoms with Crippen LogP contribution in [0.3, 0.4) is 0 Å². The van der Waals surface area contributed by atoms with Gasteiger partial charge in [0.25, 0.3) is 0 Å². The number of allylic oxidation sites excluding steroid dienone is 1. The zero-order valence-corrected chi connectivity index (χ0v) is 5.71. The summed E-state index contributed by atoms with van der Waals surface area (Å²) in [4.78, 5) is 0. The van der Waals surface area contributed by atoms with Crippen molar-refractivity contribution in [2.24, 2.45) is 5.73 Å². The number of nitrogens with two attached hydrogens (primary N) is 1. The summed E-state index contributed by atoms with van der Waals surface area (Å²) >= 11 is 10.2. The molecule has 3 heteroatoms. The smallest absolute Gasteiger partial charge is 0.0415 e. The van der Waals surface area contributed by atoms with Gasteiger partial charge in [-0.1, -0.05) is 17.7 Å². The van der Waals surface area contributed by atoms with Crippen molar-refractivity contribution in [1.82, 2.24) is 0 Å². The average Bonchev–Trinajstić information content (AvgIpc) is 1.75. The van der Waals surface area contributed by atoms with E-state index < -0.39 is 0 Å². The topological polar surface area (TPSA) is 26.0 Å². The molecule has 0 atom stereocenters. The predicted molar refractivity (Wildman–Crippen MR) is 35.8 cm³/mol. The molecule has 0 fully saturated rings. The summed E-state index contributed by atoms with van der Waals surface area (Å²) in [7, 11) is 1.50. The molecular weight excluding hydrogens is 133 g/mol. The van der Waals surface area contributed by atoms with Crippen molar-refractivity contribution in [3.05, 3.63) is 11.6 Å². The quantitative estimate of drug-likeness (QED) is 0.552. The molecule has 0 saturated carbocycles. The maximum Gasteiger partial charge on any atom is 0.0415 e. The Labute approximate surface area is 54.1 Å². The number of alkyl halides is 1. The monoisotopic (exact) mass is 141 g/mol. The Bertz CT molecular complexity index is 36.7. The SMILES string of the molecule is CN.ClC=CCCl. The molecule has 0 spiro atoms. The van der Waals surface area contributed by atoms with E-state index in [4.69, 9.17) is 23.2 Å². The first-order valence-corrected chi connectivity index (χ1v) is 2.78. The molecule has 0 aliphatic rings. The molecule has 0 amide bonds. The van der Waals surface area contributed by atoms with Crippen LogP contribution in [0.25, 0.3) is 0 Å². The van der Waals surface area contributed by atoms with Crippen molar-refractivity contribution in [2.45, 2.75) is 0 Å². The third kappa shape index (κ3) is 22.1. The normalized spacial score (nSPS) is 8.00.